The normalized spacial score (nSPS) is 17.1. The van der Waals surface area contributed by atoms with Crippen LogP contribution in [0.3, 0.4) is 0 Å². The highest BCUT2D eigenvalue weighted by Crippen LogP contribution is 2.27. The molecule has 1 heterocycles. The molecule has 1 amide bonds. The molecular weight excluding hydrogens is 460 g/mol. The number of carbonyl (C=O) groups excluding carboxylic acids is 3. The average Bonchev–Trinajstić information content (AvgIpc) is 3.34. The number of nitrogens with zero attached hydrogens (tertiary/aromatic N) is 1. The number of amides is 1. The fraction of sp³-hybridized carbons (Fsp3) is 0.375. The molecule has 0 aliphatic carbocycles. The zero-order valence-electron chi connectivity index (χ0n) is 19.1. The van der Waals surface area contributed by atoms with E-state index >= 15 is 0 Å². The van der Waals surface area contributed by atoms with Crippen LogP contribution < -0.4 is 5.32 Å². The molecule has 34 heavy (non-hydrogen) atoms. The molecule has 1 unspecified atom stereocenters. The molecule has 182 valence electrons. The van der Waals surface area contributed by atoms with E-state index < -0.39 is 46.6 Å². The molecule has 1 aliphatic rings. The fourth-order valence-corrected chi connectivity index (χ4v) is 5.41. The Morgan fingerprint density at radius 3 is 2.41 bits per heavy atom. The Bertz CT molecular complexity index is 1120. The zero-order chi connectivity index (χ0) is 24.7. The predicted octanol–water partition coefficient (Wildman–Crippen LogP) is 1.59. The van der Waals surface area contributed by atoms with E-state index in [9.17, 15) is 22.8 Å². The first-order valence-corrected chi connectivity index (χ1v) is 12.3. The average molecular weight is 489 g/mol. The van der Waals surface area contributed by atoms with Crippen LogP contribution in [0.5, 0.6) is 0 Å². The lowest BCUT2D eigenvalue weighted by Gasteiger charge is -2.23. The highest BCUT2D eigenvalue weighted by molar-refractivity contribution is 7.89. The Kier molecular flexibility index (Phi) is 8.41. The van der Waals surface area contributed by atoms with Crippen LogP contribution in [0.25, 0.3) is 0 Å². The molecule has 0 aromatic heterocycles. The number of esters is 2. The maximum atomic E-state index is 13.0. The van der Waals surface area contributed by atoms with Gasteiger partial charge in [-0.2, -0.15) is 4.31 Å². The molecule has 1 fully saturated rings. The first kappa shape index (κ1) is 25.4. The van der Waals surface area contributed by atoms with Gasteiger partial charge in [0.05, 0.1) is 12.0 Å². The van der Waals surface area contributed by atoms with Gasteiger partial charge < -0.3 is 14.8 Å². The number of hydrogen-bond donors (Lipinski definition) is 1. The topological polar surface area (TPSA) is 119 Å². The molecule has 2 aromatic carbocycles. The molecule has 1 aliphatic heterocycles. The summed E-state index contributed by atoms with van der Waals surface area (Å²) in [5.74, 6) is -2.12. The predicted molar refractivity (Wildman–Crippen MR) is 123 cm³/mol. The summed E-state index contributed by atoms with van der Waals surface area (Å²) in [5, 5.41) is 2.51. The summed E-state index contributed by atoms with van der Waals surface area (Å²) in [4.78, 5) is 37.2. The Morgan fingerprint density at radius 2 is 1.76 bits per heavy atom. The Labute approximate surface area is 199 Å². The highest BCUT2D eigenvalue weighted by atomic mass is 32.2. The summed E-state index contributed by atoms with van der Waals surface area (Å²) in [7, 11) is -2.67. The maximum Gasteiger partial charge on any atom is 0.328 e. The van der Waals surface area contributed by atoms with Crippen LogP contribution in [0.15, 0.2) is 59.5 Å². The van der Waals surface area contributed by atoms with Crippen molar-refractivity contribution in [1.29, 1.82) is 0 Å². The van der Waals surface area contributed by atoms with Gasteiger partial charge in [-0.25, -0.2) is 13.2 Å². The van der Waals surface area contributed by atoms with Crippen LogP contribution in [-0.2, 0) is 40.3 Å². The molecular formula is C24H28N2O7S. The Morgan fingerprint density at radius 1 is 1.09 bits per heavy atom. The van der Waals surface area contributed by atoms with Gasteiger partial charge in [0.2, 0.25) is 10.0 Å². The molecule has 2 atom stereocenters. The molecule has 0 radical (unpaired) electrons. The van der Waals surface area contributed by atoms with Crippen molar-refractivity contribution in [3.05, 3.63) is 65.7 Å². The first-order valence-electron chi connectivity index (χ1n) is 10.9. The second-order valence-corrected chi connectivity index (χ2v) is 9.92. The summed E-state index contributed by atoms with van der Waals surface area (Å²) in [6.07, 6.45) is 1.00. The number of sulfonamides is 1. The molecule has 0 bridgehead atoms. The third-order valence-corrected chi connectivity index (χ3v) is 7.47. The van der Waals surface area contributed by atoms with Crippen molar-refractivity contribution in [3.63, 3.8) is 0 Å². The Hall–Kier alpha value is -3.24. The zero-order valence-corrected chi connectivity index (χ0v) is 19.9. The summed E-state index contributed by atoms with van der Waals surface area (Å²) in [6.45, 7) is 1.39. The second kappa shape index (κ2) is 11.3. The van der Waals surface area contributed by atoms with Crippen LogP contribution in [0.4, 0.5) is 0 Å². The van der Waals surface area contributed by atoms with Gasteiger partial charge in [-0.1, -0.05) is 48.0 Å². The lowest BCUT2D eigenvalue weighted by molar-refractivity contribution is -0.152. The fourth-order valence-electron chi connectivity index (χ4n) is 3.76. The molecule has 10 heteroatoms. The molecule has 1 saturated heterocycles. The van der Waals surface area contributed by atoms with Gasteiger partial charge in [-0.05, 0) is 37.5 Å². The van der Waals surface area contributed by atoms with Crippen molar-refractivity contribution in [1.82, 2.24) is 9.62 Å². The first-order chi connectivity index (χ1) is 16.2. The summed E-state index contributed by atoms with van der Waals surface area (Å²) in [6, 6.07) is 13.5. The van der Waals surface area contributed by atoms with E-state index in [0.717, 1.165) is 15.4 Å². The van der Waals surface area contributed by atoms with Gasteiger partial charge in [-0.3, -0.25) is 9.59 Å². The van der Waals surface area contributed by atoms with Gasteiger partial charge in [0.25, 0.3) is 5.91 Å². The minimum absolute atomic E-state index is 0.0948. The molecule has 0 spiro atoms. The van der Waals surface area contributed by atoms with Crippen molar-refractivity contribution >= 4 is 27.9 Å². The maximum absolute atomic E-state index is 13.0. The summed E-state index contributed by atoms with van der Waals surface area (Å²) >= 11 is 0. The van der Waals surface area contributed by atoms with Crippen molar-refractivity contribution in [3.8, 4) is 0 Å². The smallest absolute Gasteiger partial charge is 0.328 e. The monoisotopic (exact) mass is 488 g/mol. The van der Waals surface area contributed by atoms with E-state index in [4.69, 9.17) is 9.47 Å². The van der Waals surface area contributed by atoms with Crippen LogP contribution in [0.1, 0.15) is 24.0 Å². The van der Waals surface area contributed by atoms with E-state index in [1.165, 1.54) is 19.2 Å². The van der Waals surface area contributed by atoms with Crippen molar-refractivity contribution in [2.45, 2.75) is 43.2 Å². The highest BCUT2D eigenvalue weighted by Gasteiger charge is 2.40. The van der Waals surface area contributed by atoms with Gasteiger partial charge >= 0.3 is 11.9 Å². The van der Waals surface area contributed by atoms with Gasteiger partial charge in [0.15, 0.2) is 6.61 Å². The van der Waals surface area contributed by atoms with E-state index in [1.54, 1.807) is 12.1 Å². The van der Waals surface area contributed by atoms with Crippen LogP contribution in [0.2, 0.25) is 0 Å². The van der Waals surface area contributed by atoms with Crippen molar-refractivity contribution < 1.29 is 32.3 Å². The number of ether oxygens (including phenoxy) is 2. The lowest BCUT2D eigenvalue weighted by atomic mass is 10.1. The van der Waals surface area contributed by atoms with Crippen LogP contribution >= 0.6 is 0 Å². The quantitative estimate of drug-likeness (QED) is 0.533. The van der Waals surface area contributed by atoms with Crippen molar-refractivity contribution in [2.24, 2.45) is 0 Å². The number of benzene rings is 2. The van der Waals surface area contributed by atoms with Gasteiger partial charge in [0, 0.05) is 13.0 Å². The minimum atomic E-state index is -3.89. The molecule has 3 rings (SSSR count). The third kappa shape index (κ3) is 6.21. The number of methoxy groups -OCH3 is 1. The summed E-state index contributed by atoms with van der Waals surface area (Å²) < 4.78 is 37.0. The van der Waals surface area contributed by atoms with Gasteiger partial charge in [0.1, 0.15) is 12.1 Å². The molecule has 1 N–H and O–H groups in total. The van der Waals surface area contributed by atoms with E-state index in [1.807, 2.05) is 37.3 Å². The largest absolute Gasteiger partial charge is 0.467 e. The standard InChI is InChI=1S/C24H28N2O7S/c1-17-10-12-19(13-11-17)34(30,31)26-14-6-9-21(26)24(29)33-16-22(27)25-20(23(28)32-2)15-18-7-4-3-5-8-18/h3-5,7-8,10-13,20-21H,6,9,14-16H2,1-2H3,(H,25,27)/t20?,21-/m0/s1. The number of nitrogens with one attached hydrogen (secondary N) is 1. The molecule has 0 saturated carbocycles. The van der Waals surface area contributed by atoms with E-state index in [-0.39, 0.29) is 17.9 Å². The van der Waals surface area contributed by atoms with Crippen molar-refractivity contribution in [2.75, 3.05) is 20.3 Å². The van der Waals surface area contributed by atoms with Gasteiger partial charge in [-0.15, -0.1) is 0 Å². The number of hydrogen-bond acceptors (Lipinski definition) is 7. The lowest BCUT2D eigenvalue weighted by Crippen LogP contribution is -2.46. The minimum Gasteiger partial charge on any atom is -0.467 e. The number of aryl methyl sites for hydroxylation is 1. The van der Waals surface area contributed by atoms with Crippen LogP contribution in [-0.4, -0.2) is 62.9 Å². The second-order valence-electron chi connectivity index (χ2n) is 8.03. The Balaban J connectivity index is 1.60. The third-order valence-electron chi connectivity index (χ3n) is 5.55. The van der Waals surface area contributed by atoms with E-state index in [2.05, 4.69) is 5.32 Å². The summed E-state index contributed by atoms with van der Waals surface area (Å²) in [5.41, 5.74) is 1.73. The molecule has 9 nitrogen and oxygen atoms in total. The SMILES string of the molecule is COC(=O)C(Cc1ccccc1)NC(=O)COC(=O)[C@@H]1CCCN1S(=O)(=O)c1ccc(C)cc1. The number of rotatable bonds is 9. The molecule has 2 aromatic rings. The number of carbonyl (C=O) groups is 3. The van der Waals surface area contributed by atoms with E-state index in [0.29, 0.717) is 12.8 Å². The van der Waals surface area contributed by atoms with Crippen LogP contribution in [0, 0.1) is 6.92 Å².